The lowest BCUT2D eigenvalue weighted by atomic mass is 9.85. The summed E-state index contributed by atoms with van der Waals surface area (Å²) in [5.41, 5.74) is 4.03. The van der Waals surface area contributed by atoms with E-state index in [2.05, 4.69) is 34.1 Å². The van der Waals surface area contributed by atoms with Crippen molar-refractivity contribution >= 4 is 34.9 Å². The molecule has 0 aromatic heterocycles. The van der Waals surface area contributed by atoms with Gasteiger partial charge in [-0.3, -0.25) is 9.69 Å². The van der Waals surface area contributed by atoms with Crippen molar-refractivity contribution in [3.8, 4) is 16.9 Å². The topological polar surface area (TPSA) is 56.3 Å². The van der Waals surface area contributed by atoms with Gasteiger partial charge < -0.3 is 14.5 Å². The minimum atomic E-state index is -0.838. The number of halogens is 1. The largest absolute Gasteiger partial charge is 0.494 e. The number of anilines is 2. The summed E-state index contributed by atoms with van der Waals surface area (Å²) in [7, 11) is 0. The van der Waals surface area contributed by atoms with Crippen molar-refractivity contribution < 1.29 is 14.3 Å². The van der Waals surface area contributed by atoms with Crippen molar-refractivity contribution in [1.29, 1.82) is 0 Å². The fourth-order valence-corrected chi connectivity index (χ4v) is 7.04. The zero-order chi connectivity index (χ0) is 29.3. The molecule has 7 nitrogen and oxygen atoms in total. The maximum absolute atomic E-state index is 14.1. The molecular weight excluding hydrogens is 548 g/mol. The van der Waals surface area contributed by atoms with Gasteiger partial charge in [-0.2, -0.15) is 0 Å². The van der Waals surface area contributed by atoms with E-state index in [1.54, 1.807) is 11.0 Å². The first-order valence-corrected chi connectivity index (χ1v) is 15.6. The highest BCUT2D eigenvalue weighted by Gasteiger charge is 2.58. The molecule has 220 valence electrons. The average Bonchev–Trinajstić information content (AvgIpc) is 3.61. The fraction of sp³-hybridized carbons (Fsp3) is 0.412. The molecule has 3 aliphatic heterocycles. The van der Waals surface area contributed by atoms with E-state index in [0.29, 0.717) is 36.7 Å². The van der Waals surface area contributed by atoms with E-state index in [-0.39, 0.29) is 11.9 Å². The van der Waals surface area contributed by atoms with Gasteiger partial charge in [-0.05, 0) is 92.6 Å². The highest BCUT2D eigenvalue weighted by Crippen LogP contribution is 2.42. The first-order valence-electron chi connectivity index (χ1n) is 15.2. The van der Waals surface area contributed by atoms with Crippen LogP contribution in [0, 0.1) is 0 Å². The molecule has 1 spiro atoms. The molecule has 3 aromatic carbocycles. The van der Waals surface area contributed by atoms with E-state index in [0.717, 1.165) is 49.6 Å². The number of rotatable bonds is 8. The van der Waals surface area contributed by atoms with Crippen LogP contribution >= 0.6 is 11.6 Å². The summed E-state index contributed by atoms with van der Waals surface area (Å²) in [6.07, 6.45) is 3.75. The van der Waals surface area contributed by atoms with Crippen molar-refractivity contribution in [3.05, 3.63) is 77.3 Å². The molecule has 0 radical (unpaired) electrons. The summed E-state index contributed by atoms with van der Waals surface area (Å²) in [4.78, 5) is 35.7. The first-order chi connectivity index (χ1) is 20.4. The molecule has 0 aliphatic carbocycles. The zero-order valence-electron chi connectivity index (χ0n) is 24.5. The average molecular weight is 587 g/mol. The summed E-state index contributed by atoms with van der Waals surface area (Å²) in [6, 6.07) is 21.9. The van der Waals surface area contributed by atoms with E-state index >= 15 is 0 Å². The lowest BCUT2D eigenvalue weighted by Crippen LogP contribution is -2.56. The van der Waals surface area contributed by atoms with Crippen LogP contribution in [0.4, 0.5) is 16.2 Å². The van der Waals surface area contributed by atoms with E-state index in [1.807, 2.05) is 50.2 Å². The number of piperidine rings is 1. The van der Waals surface area contributed by atoms with Crippen molar-refractivity contribution in [3.63, 3.8) is 0 Å². The molecular formula is C34H39ClN4O3. The number of likely N-dealkylation sites (N-methyl/N-ethyl adjacent to an activating group) is 1. The lowest BCUT2D eigenvalue weighted by molar-refractivity contribution is -0.127. The van der Waals surface area contributed by atoms with Crippen LogP contribution in [0.2, 0.25) is 5.02 Å². The minimum Gasteiger partial charge on any atom is -0.494 e. The van der Waals surface area contributed by atoms with Gasteiger partial charge in [0.15, 0.2) is 0 Å². The van der Waals surface area contributed by atoms with Gasteiger partial charge in [0.2, 0.25) is 0 Å². The number of imide groups is 1. The Morgan fingerprint density at radius 1 is 0.857 bits per heavy atom. The second-order valence-corrected chi connectivity index (χ2v) is 11.9. The van der Waals surface area contributed by atoms with Gasteiger partial charge in [0.25, 0.3) is 5.91 Å². The molecule has 3 aliphatic rings. The normalized spacial score (nSPS) is 18.9. The third-order valence-corrected chi connectivity index (χ3v) is 9.32. The molecule has 3 aromatic rings. The van der Waals surface area contributed by atoms with Crippen molar-refractivity contribution in [2.45, 2.75) is 51.6 Å². The standard InChI is InChI=1S/C34H39ClN4O3/c1-3-38-33(41)39(31-15-12-27(23-30(31)35)26-8-7-9-29(22-26)42-4-2)32(40)34(38)16-20-36(21-17-34)24-25-10-13-28(14-11-25)37-18-5-6-19-37/h7-15,22-23H,3-6,16-21,24H2,1-2H3. The Morgan fingerprint density at radius 2 is 1.57 bits per heavy atom. The second-order valence-electron chi connectivity index (χ2n) is 11.5. The van der Waals surface area contributed by atoms with E-state index in [9.17, 15) is 9.59 Å². The number of carbonyl (C=O) groups excluding carboxylic acids is 2. The quantitative estimate of drug-likeness (QED) is 0.271. The van der Waals surface area contributed by atoms with Crippen LogP contribution in [0.15, 0.2) is 66.7 Å². The first kappa shape index (κ1) is 28.6. The van der Waals surface area contributed by atoms with E-state index < -0.39 is 5.54 Å². The molecule has 6 rings (SSSR count). The maximum atomic E-state index is 14.1. The van der Waals surface area contributed by atoms with Crippen LogP contribution in [0.5, 0.6) is 5.75 Å². The molecule has 3 saturated heterocycles. The summed E-state index contributed by atoms with van der Waals surface area (Å²) < 4.78 is 5.64. The molecule has 3 amide bonds. The Morgan fingerprint density at radius 3 is 2.24 bits per heavy atom. The van der Waals surface area contributed by atoms with E-state index in [4.69, 9.17) is 16.3 Å². The van der Waals surface area contributed by atoms with Crippen LogP contribution < -0.4 is 14.5 Å². The molecule has 42 heavy (non-hydrogen) atoms. The summed E-state index contributed by atoms with van der Waals surface area (Å²) >= 11 is 6.77. The van der Waals surface area contributed by atoms with Gasteiger partial charge in [0.05, 0.1) is 17.3 Å². The number of carbonyl (C=O) groups is 2. The molecule has 0 bridgehead atoms. The molecule has 8 heteroatoms. The Hall–Kier alpha value is -3.55. The van der Waals surface area contributed by atoms with Gasteiger partial charge >= 0.3 is 6.03 Å². The Labute approximate surface area is 253 Å². The molecule has 3 fully saturated rings. The Bertz CT molecular complexity index is 1450. The number of hydrogen-bond donors (Lipinski definition) is 0. The van der Waals surface area contributed by atoms with Gasteiger partial charge in [-0.15, -0.1) is 0 Å². The molecule has 0 N–H and O–H groups in total. The van der Waals surface area contributed by atoms with Crippen LogP contribution in [-0.4, -0.2) is 66.6 Å². The number of ether oxygens (including phenoxy) is 1. The number of nitrogens with zero attached hydrogens (tertiary/aromatic N) is 4. The monoisotopic (exact) mass is 586 g/mol. The van der Waals surface area contributed by atoms with Crippen molar-refractivity contribution in [1.82, 2.24) is 9.80 Å². The number of likely N-dealkylation sites (tertiary alicyclic amines) is 1. The lowest BCUT2D eigenvalue weighted by Gasteiger charge is -2.41. The third kappa shape index (κ3) is 5.25. The number of hydrogen-bond acceptors (Lipinski definition) is 5. The zero-order valence-corrected chi connectivity index (χ0v) is 25.3. The van der Waals surface area contributed by atoms with E-state index in [1.165, 1.54) is 29.0 Å². The number of urea groups is 1. The van der Waals surface area contributed by atoms with Crippen LogP contribution in [-0.2, 0) is 11.3 Å². The highest BCUT2D eigenvalue weighted by atomic mass is 35.5. The molecule has 0 unspecified atom stereocenters. The van der Waals surface area contributed by atoms with Crippen molar-refractivity contribution in [2.75, 3.05) is 49.1 Å². The summed E-state index contributed by atoms with van der Waals surface area (Å²) in [6.45, 7) is 9.58. The SMILES string of the molecule is CCOc1cccc(-c2ccc(N3C(=O)N(CC)C4(CCN(Cc5ccc(N6CCCC6)cc5)CC4)C3=O)c(Cl)c2)c1. The molecule has 0 atom stereocenters. The smallest absolute Gasteiger partial charge is 0.332 e. The van der Waals surface area contributed by atoms with Gasteiger partial charge in [-0.25, -0.2) is 9.69 Å². The Balaban J connectivity index is 1.16. The Kier molecular flexibility index (Phi) is 8.15. The predicted molar refractivity (Wildman–Crippen MR) is 168 cm³/mol. The maximum Gasteiger partial charge on any atom is 0.332 e. The predicted octanol–water partition coefficient (Wildman–Crippen LogP) is 6.83. The van der Waals surface area contributed by atoms with Crippen LogP contribution in [0.25, 0.3) is 11.1 Å². The molecule has 3 heterocycles. The van der Waals surface area contributed by atoms with Crippen LogP contribution in [0.3, 0.4) is 0 Å². The second kappa shape index (κ2) is 12.0. The van der Waals surface area contributed by atoms with Gasteiger partial charge in [0, 0.05) is 45.0 Å². The summed E-state index contributed by atoms with van der Waals surface area (Å²) in [5.74, 6) is 0.614. The summed E-state index contributed by atoms with van der Waals surface area (Å²) in [5, 5.41) is 0.374. The van der Waals surface area contributed by atoms with Crippen LogP contribution in [0.1, 0.15) is 45.1 Å². The number of benzene rings is 3. The fourth-order valence-electron chi connectivity index (χ4n) is 6.78. The molecule has 0 saturated carbocycles. The van der Waals surface area contributed by atoms with Gasteiger partial charge in [0.1, 0.15) is 11.3 Å². The highest BCUT2D eigenvalue weighted by molar-refractivity contribution is 6.36. The number of amides is 3. The van der Waals surface area contributed by atoms with Gasteiger partial charge in [-0.1, -0.05) is 41.9 Å². The minimum absolute atomic E-state index is 0.169. The third-order valence-electron chi connectivity index (χ3n) is 9.02. The van der Waals surface area contributed by atoms with Crippen molar-refractivity contribution in [2.24, 2.45) is 0 Å².